The standard InChI is InChI=1S/C14H20N2O2/c1-2-16-8-9-18-11-13(16)14(17)15-10-12-6-4-3-5-7-12/h3-7,13H,2,8-11H2,1H3,(H,15,17)/t13-/m0/s1. The van der Waals surface area contributed by atoms with Crippen molar-refractivity contribution in [1.82, 2.24) is 10.2 Å². The van der Waals surface area contributed by atoms with E-state index >= 15 is 0 Å². The van der Waals surface area contributed by atoms with E-state index < -0.39 is 0 Å². The van der Waals surface area contributed by atoms with E-state index in [9.17, 15) is 4.79 Å². The van der Waals surface area contributed by atoms with Crippen molar-refractivity contribution in [1.29, 1.82) is 0 Å². The second kappa shape index (κ2) is 6.52. The minimum absolute atomic E-state index is 0.0559. The van der Waals surface area contributed by atoms with E-state index in [4.69, 9.17) is 4.74 Å². The lowest BCUT2D eigenvalue weighted by Gasteiger charge is -2.33. The first-order valence-electron chi connectivity index (χ1n) is 6.44. The molecular weight excluding hydrogens is 228 g/mol. The number of morpholine rings is 1. The van der Waals surface area contributed by atoms with Crippen molar-refractivity contribution >= 4 is 5.91 Å². The van der Waals surface area contributed by atoms with E-state index in [1.807, 2.05) is 30.3 Å². The average molecular weight is 248 g/mol. The maximum Gasteiger partial charge on any atom is 0.240 e. The number of rotatable bonds is 4. The van der Waals surface area contributed by atoms with Crippen LogP contribution >= 0.6 is 0 Å². The third-order valence-electron chi connectivity index (χ3n) is 3.26. The van der Waals surface area contributed by atoms with Crippen molar-refractivity contribution in [3.8, 4) is 0 Å². The Morgan fingerprint density at radius 2 is 2.22 bits per heavy atom. The van der Waals surface area contributed by atoms with E-state index in [1.54, 1.807) is 0 Å². The first-order chi connectivity index (χ1) is 8.81. The van der Waals surface area contributed by atoms with Crippen LogP contribution in [0.1, 0.15) is 12.5 Å². The summed E-state index contributed by atoms with van der Waals surface area (Å²) in [5.41, 5.74) is 1.12. The second-order valence-electron chi connectivity index (χ2n) is 4.42. The van der Waals surface area contributed by atoms with Crippen LogP contribution in [0.25, 0.3) is 0 Å². The van der Waals surface area contributed by atoms with Crippen LogP contribution in [0.5, 0.6) is 0 Å². The highest BCUT2D eigenvalue weighted by Crippen LogP contribution is 2.07. The fraction of sp³-hybridized carbons (Fsp3) is 0.500. The van der Waals surface area contributed by atoms with Crippen LogP contribution in [0.2, 0.25) is 0 Å². The Labute approximate surface area is 108 Å². The van der Waals surface area contributed by atoms with Gasteiger partial charge < -0.3 is 10.1 Å². The predicted molar refractivity (Wildman–Crippen MR) is 70.1 cm³/mol. The first-order valence-corrected chi connectivity index (χ1v) is 6.44. The molecule has 1 aliphatic rings. The van der Waals surface area contributed by atoms with Gasteiger partial charge in [-0.3, -0.25) is 9.69 Å². The molecule has 1 saturated heterocycles. The molecular formula is C14H20N2O2. The highest BCUT2D eigenvalue weighted by molar-refractivity contribution is 5.82. The van der Waals surface area contributed by atoms with Gasteiger partial charge in [-0.25, -0.2) is 0 Å². The molecule has 1 N–H and O–H groups in total. The van der Waals surface area contributed by atoms with Crippen molar-refractivity contribution in [2.45, 2.75) is 19.5 Å². The van der Waals surface area contributed by atoms with Gasteiger partial charge in [-0.15, -0.1) is 0 Å². The zero-order chi connectivity index (χ0) is 12.8. The molecule has 0 spiro atoms. The smallest absolute Gasteiger partial charge is 0.240 e. The number of amides is 1. The Kier molecular flexibility index (Phi) is 4.73. The average Bonchev–Trinajstić information content (AvgIpc) is 2.45. The van der Waals surface area contributed by atoms with Crippen LogP contribution in [0, 0.1) is 0 Å². The number of carbonyl (C=O) groups is 1. The van der Waals surface area contributed by atoms with Gasteiger partial charge in [0.15, 0.2) is 0 Å². The normalized spacial score (nSPS) is 20.6. The van der Waals surface area contributed by atoms with Crippen molar-refractivity contribution in [2.75, 3.05) is 26.3 Å². The van der Waals surface area contributed by atoms with Crippen LogP contribution in [-0.2, 0) is 16.1 Å². The molecule has 1 aromatic carbocycles. The topological polar surface area (TPSA) is 41.6 Å². The van der Waals surface area contributed by atoms with Gasteiger partial charge >= 0.3 is 0 Å². The summed E-state index contributed by atoms with van der Waals surface area (Å²) in [4.78, 5) is 14.3. The van der Waals surface area contributed by atoms with Gasteiger partial charge in [-0.2, -0.15) is 0 Å². The molecule has 18 heavy (non-hydrogen) atoms. The van der Waals surface area contributed by atoms with Gasteiger partial charge in [-0.05, 0) is 12.1 Å². The molecule has 0 saturated carbocycles. The van der Waals surface area contributed by atoms with Crippen LogP contribution in [-0.4, -0.2) is 43.2 Å². The van der Waals surface area contributed by atoms with E-state index in [-0.39, 0.29) is 11.9 Å². The van der Waals surface area contributed by atoms with Crippen molar-refractivity contribution in [3.05, 3.63) is 35.9 Å². The minimum Gasteiger partial charge on any atom is -0.378 e. The zero-order valence-electron chi connectivity index (χ0n) is 10.8. The third kappa shape index (κ3) is 3.31. The molecule has 1 atom stereocenters. The Hall–Kier alpha value is -1.39. The molecule has 4 nitrogen and oxygen atoms in total. The Morgan fingerprint density at radius 1 is 1.44 bits per heavy atom. The largest absolute Gasteiger partial charge is 0.378 e. The lowest BCUT2D eigenvalue weighted by Crippen LogP contribution is -2.53. The number of hydrogen-bond acceptors (Lipinski definition) is 3. The summed E-state index contributed by atoms with van der Waals surface area (Å²) in [7, 11) is 0. The quantitative estimate of drug-likeness (QED) is 0.865. The number of nitrogens with one attached hydrogen (secondary N) is 1. The molecule has 1 fully saturated rings. The summed E-state index contributed by atoms with van der Waals surface area (Å²) < 4.78 is 5.38. The van der Waals surface area contributed by atoms with Crippen molar-refractivity contribution in [3.63, 3.8) is 0 Å². The van der Waals surface area contributed by atoms with Crippen LogP contribution in [0.15, 0.2) is 30.3 Å². The molecule has 0 aliphatic carbocycles. The van der Waals surface area contributed by atoms with E-state index in [0.717, 1.165) is 25.3 Å². The molecule has 2 rings (SSSR count). The van der Waals surface area contributed by atoms with E-state index in [0.29, 0.717) is 13.2 Å². The van der Waals surface area contributed by atoms with Crippen LogP contribution in [0.4, 0.5) is 0 Å². The molecule has 1 aromatic rings. The van der Waals surface area contributed by atoms with Crippen molar-refractivity contribution < 1.29 is 9.53 Å². The maximum absolute atomic E-state index is 12.1. The molecule has 0 aromatic heterocycles. The Morgan fingerprint density at radius 3 is 2.94 bits per heavy atom. The van der Waals surface area contributed by atoms with Crippen molar-refractivity contribution in [2.24, 2.45) is 0 Å². The predicted octanol–water partition coefficient (Wildman–Crippen LogP) is 1.02. The molecule has 0 bridgehead atoms. The number of benzene rings is 1. The lowest BCUT2D eigenvalue weighted by atomic mass is 10.2. The fourth-order valence-electron chi connectivity index (χ4n) is 2.16. The monoisotopic (exact) mass is 248 g/mol. The molecule has 4 heteroatoms. The maximum atomic E-state index is 12.1. The third-order valence-corrected chi connectivity index (χ3v) is 3.26. The van der Waals surface area contributed by atoms with Gasteiger partial charge in [0.1, 0.15) is 6.04 Å². The van der Waals surface area contributed by atoms with Gasteiger partial charge in [0.25, 0.3) is 0 Å². The van der Waals surface area contributed by atoms with Crippen LogP contribution in [0.3, 0.4) is 0 Å². The zero-order valence-corrected chi connectivity index (χ0v) is 10.8. The van der Waals surface area contributed by atoms with E-state index in [2.05, 4.69) is 17.1 Å². The highest BCUT2D eigenvalue weighted by Gasteiger charge is 2.27. The van der Waals surface area contributed by atoms with Gasteiger partial charge in [0, 0.05) is 13.1 Å². The summed E-state index contributed by atoms with van der Waals surface area (Å²) in [5.74, 6) is 0.0559. The fourth-order valence-corrected chi connectivity index (χ4v) is 2.16. The van der Waals surface area contributed by atoms with Gasteiger partial charge in [-0.1, -0.05) is 37.3 Å². The first kappa shape index (κ1) is 13.1. The molecule has 1 aliphatic heterocycles. The summed E-state index contributed by atoms with van der Waals surface area (Å²) in [6, 6.07) is 9.80. The molecule has 1 amide bonds. The molecule has 98 valence electrons. The van der Waals surface area contributed by atoms with Crippen LogP contribution < -0.4 is 5.32 Å². The summed E-state index contributed by atoms with van der Waals surface area (Å²) >= 11 is 0. The summed E-state index contributed by atoms with van der Waals surface area (Å²) in [5, 5.41) is 2.97. The minimum atomic E-state index is -0.146. The number of nitrogens with zero attached hydrogens (tertiary/aromatic N) is 1. The molecule has 1 heterocycles. The Balaban J connectivity index is 1.87. The summed E-state index contributed by atoms with van der Waals surface area (Å²) in [6.07, 6.45) is 0. The highest BCUT2D eigenvalue weighted by atomic mass is 16.5. The Bertz CT molecular complexity index is 381. The number of ether oxygens (including phenoxy) is 1. The summed E-state index contributed by atoms with van der Waals surface area (Å²) in [6.45, 7) is 5.58. The molecule has 0 radical (unpaired) electrons. The lowest BCUT2D eigenvalue weighted by molar-refractivity contribution is -0.132. The SMILES string of the molecule is CCN1CCOC[C@H]1C(=O)NCc1ccccc1. The van der Waals surface area contributed by atoms with E-state index in [1.165, 1.54) is 0 Å². The number of hydrogen-bond donors (Lipinski definition) is 1. The number of likely N-dealkylation sites (N-methyl/N-ethyl adjacent to an activating group) is 1. The van der Waals surface area contributed by atoms with Gasteiger partial charge in [0.2, 0.25) is 5.91 Å². The second-order valence-corrected chi connectivity index (χ2v) is 4.42. The number of carbonyl (C=O) groups excluding carboxylic acids is 1. The molecule has 0 unspecified atom stereocenters. The van der Waals surface area contributed by atoms with Gasteiger partial charge in [0.05, 0.1) is 13.2 Å².